The van der Waals surface area contributed by atoms with Crippen LogP contribution in [0.1, 0.15) is 25.7 Å². The summed E-state index contributed by atoms with van der Waals surface area (Å²) in [7, 11) is 0. The van der Waals surface area contributed by atoms with Gasteiger partial charge in [-0.2, -0.15) is 0 Å². The fraction of sp³-hybridized carbons (Fsp3) is 0.800. The minimum atomic E-state index is -0.113. The number of rotatable bonds is 2. The predicted molar refractivity (Wildman–Crippen MR) is 55.3 cm³/mol. The van der Waals surface area contributed by atoms with E-state index in [-0.39, 0.29) is 11.9 Å². The quantitative estimate of drug-likeness (QED) is 0.393. The van der Waals surface area contributed by atoms with E-state index in [9.17, 15) is 4.79 Å². The molecule has 4 nitrogen and oxygen atoms in total. The van der Waals surface area contributed by atoms with Crippen molar-refractivity contribution >= 4 is 12.2 Å². The third-order valence-electron chi connectivity index (χ3n) is 2.82. The SMILES string of the molecule is O=C1NCC1N=CN1CCCCCC1. The zero-order chi connectivity index (χ0) is 9.80. The van der Waals surface area contributed by atoms with E-state index in [1.54, 1.807) is 0 Å². The van der Waals surface area contributed by atoms with Crippen molar-refractivity contribution in [3.05, 3.63) is 0 Å². The smallest absolute Gasteiger partial charge is 0.246 e. The Labute approximate surface area is 84.4 Å². The first-order valence-corrected chi connectivity index (χ1v) is 5.41. The van der Waals surface area contributed by atoms with Crippen molar-refractivity contribution in [2.45, 2.75) is 31.7 Å². The summed E-state index contributed by atoms with van der Waals surface area (Å²) >= 11 is 0. The molecule has 2 aliphatic rings. The van der Waals surface area contributed by atoms with Crippen LogP contribution in [-0.2, 0) is 4.79 Å². The number of aliphatic imine (C=N–C) groups is 1. The van der Waals surface area contributed by atoms with Gasteiger partial charge in [-0.3, -0.25) is 9.79 Å². The lowest BCUT2D eigenvalue weighted by molar-refractivity contribution is -0.127. The molecule has 1 N–H and O–H groups in total. The standard InChI is InChI=1S/C10H17N3O/c14-10-9(7-11-10)12-8-13-5-3-1-2-4-6-13/h8-9H,1-7H2,(H,11,14). The normalized spacial score (nSPS) is 28.4. The van der Waals surface area contributed by atoms with Gasteiger partial charge < -0.3 is 10.2 Å². The molecule has 4 heteroatoms. The van der Waals surface area contributed by atoms with E-state index in [1.807, 2.05) is 6.34 Å². The highest BCUT2D eigenvalue weighted by Gasteiger charge is 2.26. The molecule has 1 unspecified atom stereocenters. The van der Waals surface area contributed by atoms with E-state index in [0.29, 0.717) is 6.54 Å². The van der Waals surface area contributed by atoms with Crippen LogP contribution in [0, 0.1) is 0 Å². The average Bonchev–Trinajstić information content (AvgIpc) is 2.44. The van der Waals surface area contributed by atoms with Gasteiger partial charge in [0.15, 0.2) is 0 Å². The second-order valence-electron chi connectivity index (χ2n) is 3.98. The topological polar surface area (TPSA) is 44.7 Å². The zero-order valence-electron chi connectivity index (χ0n) is 8.41. The van der Waals surface area contributed by atoms with Gasteiger partial charge >= 0.3 is 0 Å². The Bertz CT molecular complexity index is 232. The summed E-state index contributed by atoms with van der Waals surface area (Å²) in [5, 5.41) is 2.69. The molecule has 0 aromatic heterocycles. The first-order valence-electron chi connectivity index (χ1n) is 5.41. The number of carbonyl (C=O) groups excluding carboxylic acids is 1. The van der Waals surface area contributed by atoms with Crippen LogP contribution in [0.3, 0.4) is 0 Å². The van der Waals surface area contributed by atoms with Crippen LogP contribution in [0.15, 0.2) is 4.99 Å². The highest BCUT2D eigenvalue weighted by Crippen LogP contribution is 2.08. The molecule has 1 atom stereocenters. The van der Waals surface area contributed by atoms with E-state index in [0.717, 1.165) is 13.1 Å². The Morgan fingerprint density at radius 1 is 1.29 bits per heavy atom. The van der Waals surface area contributed by atoms with Crippen LogP contribution in [0.5, 0.6) is 0 Å². The Hall–Kier alpha value is -1.06. The molecule has 0 aliphatic carbocycles. The van der Waals surface area contributed by atoms with Crippen LogP contribution < -0.4 is 5.32 Å². The molecule has 14 heavy (non-hydrogen) atoms. The molecular formula is C10H17N3O. The molecule has 0 radical (unpaired) electrons. The summed E-state index contributed by atoms with van der Waals surface area (Å²) in [5.74, 6) is 0.0658. The molecule has 2 rings (SSSR count). The maximum atomic E-state index is 10.9. The van der Waals surface area contributed by atoms with E-state index in [2.05, 4.69) is 15.2 Å². The van der Waals surface area contributed by atoms with Crippen LogP contribution in [0.25, 0.3) is 0 Å². The fourth-order valence-electron chi connectivity index (χ4n) is 1.78. The third-order valence-corrected chi connectivity index (χ3v) is 2.82. The lowest BCUT2D eigenvalue weighted by atomic mass is 10.2. The average molecular weight is 195 g/mol. The van der Waals surface area contributed by atoms with Crippen molar-refractivity contribution in [3.8, 4) is 0 Å². The van der Waals surface area contributed by atoms with Gasteiger partial charge in [0.1, 0.15) is 6.04 Å². The summed E-state index contributed by atoms with van der Waals surface area (Å²) in [6.07, 6.45) is 7.03. The van der Waals surface area contributed by atoms with E-state index in [1.165, 1.54) is 25.7 Å². The fourth-order valence-corrected chi connectivity index (χ4v) is 1.78. The number of hydrogen-bond acceptors (Lipinski definition) is 2. The Kier molecular flexibility index (Phi) is 3.01. The van der Waals surface area contributed by atoms with Crippen LogP contribution >= 0.6 is 0 Å². The van der Waals surface area contributed by atoms with Crippen molar-refractivity contribution in [2.24, 2.45) is 4.99 Å². The van der Waals surface area contributed by atoms with Gasteiger partial charge in [0.25, 0.3) is 0 Å². The molecule has 2 heterocycles. The molecule has 78 valence electrons. The summed E-state index contributed by atoms with van der Waals surface area (Å²) in [6.45, 7) is 2.90. The van der Waals surface area contributed by atoms with Gasteiger partial charge in [0.2, 0.25) is 5.91 Å². The third kappa shape index (κ3) is 2.25. The van der Waals surface area contributed by atoms with Gasteiger partial charge in [0, 0.05) is 19.6 Å². The Balaban J connectivity index is 1.79. The molecular weight excluding hydrogens is 178 g/mol. The predicted octanol–water partition coefficient (Wildman–Crippen LogP) is 0.389. The Morgan fingerprint density at radius 3 is 2.50 bits per heavy atom. The summed E-state index contributed by atoms with van der Waals surface area (Å²) in [5.41, 5.74) is 0. The second-order valence-corrected chi connectivity index (χ2v) is 3.98. The Morgan fingerprint density at radius 2 is 2.00 bits per heavy atom. The number of carbonyl (C=O) groups is 1. The van der Waals surface area contributed by atoms with E-state index >= 15 is 0 Å². The summed E-state index contributed by atoms with van der Waals surface area (Å²) in [6, 6.07) is -0.113. The van der Waals surface area contributed by atoms with Crippen LogP contribution in [0.4, 0.5) is 0 Å². The van der Waals surface area contributed by atoms with Crippen molar-refractivity contribution in [1.82, 2.24) is 10.2 Å². The molecule has 2 fully saturated rings. The first kappa shape index (κ1) is 9.49. The molecule has 2 aliphatic heterocycles. The van der Waals surface area contributed by atoms with Crippen LogP contribution in [-0.4, -0.2) is 42.8 Å². The van der Waals surface area contributed by atoms with Gasteiger partial charge in [-0.05, 0) is 12.8 Å². The first-order chi connectivity index (χ1) is 6.86. The van der Waals surface area contributed by atoms with Gasteiger partial charge in [-0.25, -0.2) is 0 Å². The summed E-state index contributed by atoms with van der Waals surface area (Å²) in [4.78, 5) is 17.4. The maximum Gasteiger partial charge on any atom is 0.246 e. The molecule has 0 saturated carbocycles. The van der Waals surface area contributed by atoms with E-state index in [4.69, 9.17) is 0 Å². The number of nitrogens with one attached hydrogen (secondary N) is 1. The molecule has 0 aromatic carbocycles. The lowest BCUT2D eigenvalue weighted by Crippen LogP contribution is -2.52. The minimum Gasteiger partial charge on any atom is -0.363 e. The number of amides is 1. The lowest BCUT2D eigenvalue weighted by Gasteiger charge is -2.23. The molecule has 1 amide bonds. The summed E-state index contributed by atoms with van der Waals surface area (Å²) < 4.78 is 0. The van der Waals surface area contributed by atoms with Crippen molar-refractivity contribution in [1.29, 1.82) is 0 Å². The minimum absolute atomic E-state index is 0.0658. The molecule has 0 bridgehead atoms. The number of nitrogens with zero attached hydrogens (tertiary/aromatic N) is 2. The van der Waals surface area contributed by atoms with Crippen molar-refractivity contribution < 1.29 is 4.79 Å². The number of β-lactam (4-membered cyclic amide) rings is 1. The largest absolute Gasteiger partial charge is 0.363 e. The monoisotopic (exact) mass is 195 g/mol. The van der Waals surface area contributed by atoms with Gasteiger partial charge in [-0.1, -0.05) is 12.8 Å². The highest BCUT2D eigenvalue weighted by molar-refractivity contribution is 5.88. The maximum absolute atomic E-state index is 10.9. The van der Waals surface area contributed by atoms with Crippen LogP contribution in [0.2, 0.25) is 0 Å². The number of likely N-dealkylation sites (tertiary alicyclic amines) is 1. The van der Waals surface area contributed by atoms with Gasteiger partial charge in [-0.15, -0.1) is 0 Å². The van der Waals surface area contributed by atoms with Crippen molar-refractivity contribution in [2.75, 3.05) is 19.6 Å². The van der Waals surface area contributed by atoms with Crippen molar-refractivity contribution in [3.63, 3.8) is 0 Å². The zero-order valence-corrected chi connectivity index (χ0v) is 8.41. The molecule has 0 aromatic rings. The second kappa shape index (κ2) is 4.44. The van der Waals surface area contributed by atoms with E-state index < -0.39 is 0 Å². The molecule has 2 saturated heterocycles. The van der Waals surface area contributed by atoms with Gasteiger partial charge in [0.05, 0.1) is 6.34 Å². The highest BCUT2D eigenvalue weighted by atomic mass is 16.2. The number of hydrogen-bond donors (Lipinski definition) is 1. The molecule has 0 spiro atoms.